The molecule has 1 N–H and O–H groups in total. The van der Waals surface area contributed by atoms with Crippen molar-refractivity contribution < 1.29 is 35.9 Å². The van der Waals surface area contributed by atoms with Crippen LogP contribution in [-0.2, 0) is 11.6 Å². The summed E-state index contributed by atoms with van der Waals surface area (Å²) >= 11 is 0. The molecule has 188 valence electrons. The molecule has 4 aromatic rings. The third kappa shape index (κ3) is 3.16. The summed E-state index contributed by atoms with van der Waals surface area (Å²) in [5, 5.41) is 0. The largest absolute Gasteiger partial charge is 0.422 e. The molecule has 0 aliphatic carbocycles. The SMILES string of the molecule is CCCC1(CC)C(=c2oc(=O)c3c[nH+]c(C)n23)[n+]2ccc(C)cc2-c2c1cc(F)c(C(F)(F)F)c2F. The van der Waals surface area contributed by atoms with Gasteiger partial charge in [-0.2, -0.15) is 17.7 Å². The average Bonchev–Trinajstić information content (AvgIpc) is 3.33. The smallest absolute Gasteiger partial charge is 0.378 e. The summed E-state index contributed by atoms with van der Waals surface area (Å²) in [4.78, 5) is 15.7. The fourth-order valence-corrected chi connectivity index (χ4v) is 5.62. The topological polar surface area (TPSA) is 52.6 Å². The number of benzene rings is 1. The first-order valence-corrected chi connectivity index (χ1v) is 11.7. The highest BCUT2D eigenvalue weighted by Crippen LogP contribution is 2.50. The lowest BCUT2D eigenvalue weighted by Crippen LogP contribution is -2.54. The van der Waals surface area contributed by atoms with Gasteiger partial charge in [0.25, 0.3) is 17.0 Å². The van der Waals surface area contributed by atoms with Gasteiger partial charge in [0.2, 0.25) is 5.69 Å². The summed E-state index contributed by atoms with van der Waals surface area (Å²) in [6.45, 7) is 7.16. The van der Waals surface area contributed by atoms with Gasteiger partial charge in [-0.15, -0.1) is 4.40 Å². The molecule has 0 saturated heterocycles. The fourth-order valence-electron chi connectivity index (χ4n) is 5.62. The van der Waals surface area contributed by atoms with E-state index in [0.717, 1.165) is 6.07 Å². The van der Waals surface area contributed by atoms with E-state index in [-0.39, 0.29) is 34.3 Å². The fraction of sp³-hybridized carbons (Fsp3) is 0.346. The monoisotopic (exact) mass is 505 g/mol. The second kappa shape index (κ2) is 7.97. The van der Waals surface area contributed by atoms with Crippen molar-refractivity contribution in [2.45, 2.75) is 58.5 Å². The number of alkyl halides is 3. The summed E-state index contributed by atoms with van der Waals surface area (Å²) in [5.74, 6) is -2.73. The van der Waals surface area contributed by atoms with Crippen molar-refractivity contribution >= 4 is 11.2 Å². The van der Waals surface area contributed by atoms with Crippen molar-refractivity contribution in [2.24, 2.45) is 0 Å². The minimum absolute atomic E-state index is 0.0984. The van der Waals surface area contributed by atoms with Crippen LogP contribution in [0.3, 0.4) is 0 Å². The van der Waals surface area contributed by atoms with Gasteiger partial charge in [0.05, 0.1) is 11.0 Å². The molecule has 4 heterocycles. The summed E-state index contributed by atoms with van der Waals surface area (Å²) in [6, 6.07) is 4.09. The van der Waals surface area contributed by atoms with E-state index < -0.39 is 34.4 Å². The van der Waals surface area contributed by atoms with Crippen LogP contribution in [0.15, 0.2) is 39.8 Å². The zero-order chi connectivity index (χ0) is 26.2. The molecule has 0 saturated carbocycles. The van der Waals surface area contributed by atoms with Crippen LogP contribution in [0.4, 0.5) is 22.0 Å². The number of imidazole rings is 1. The Hall–Kier alpha value is -3.56. The number of halogens is 5. The van der Waals surface area contributed by atoms with Crippen LogP contribution < -0.4 is 20.7 Å². The summed E-state index contributed by atoms with van der Waals surface area (Å²) in [5.41, 5.74) is -2.24. The Bertz CT molecular complexity index is 1650. The highest BCUT2D eigenvalue weighted by Gasteiger charge is 2.54. The summed E-state index contributed by atoms with van der Waals surface area (Å²) in [7, 11) is 0. The molecule has 1 aromatic carbocycles. The molecular formula is C26H24F5N3O2+2. The van der Waals surface area contributed by atoms with E-state index in [1.807, 2.05) is 6.92 Å². The van der Waals surface area contributed by atoms with Crippen molar-refractivity contribution in [3.63, 3.8) is 0 Å². The van der Waals surface area contributed by atoms with Crippen LogP contribution in [0.5, 0.6) is 0 Å². The molecule has 0 amide bonds. The Morgan fingerprint density at radius 3 is 2.53 bits per heavy atom. The maximum absolute atomic E-state index is 15.8. The van der Waals surface area contributed by atoms with Crippen LogP contribution in [-0.4, -0.2) is 4.40 Å². The van der Waals surface area contributed by atoms with Gasteiger partial charge in [-0.1, -0.05) is 20.3 Å². The number of rotatable bonds is 3. The van der Waals surface area contributed by atoms with Crippen molar-refractivity contribution in [1.29, 1.82) is 0 Å². The third-order valence-electron chi connectivity index (χ3n) is 7.16. The molecule has 0 fully saturated rings. The Morgan fingerprint density at radius 1 is 1.17 bits per heavy atom. The second-order valence-electron chi connectivity index (χ2n) is 9.25. The Balaban J connectivity index is 2.09. The Morgan fingerprint density at radius 2 is 1.89 bits per heavy atom. The highest BCUT2D eigenvalue weighted by atomic mass is 19.4. The van der Waals surface area contributed by atoms with Crippen molar-refractivity contribution in [1.82, 2.24) is 4.40 Å². The van der Waals surface area contributed by atoms with E-state index in [1.54, 1.807) is 48.1 Å². The molecule has 1 atom stereocenters. The minimum atomic E-state index is -5.22. The number of hydrogen-bond acceptors (Lipinski definition) is 2. The molecule has 0 radical (unpaired) electrons. The van der Waals surface area contributed by atoms with Crippen LogP contribution in [0.2, 0.25) is 0 Å². The quantitative estimate of drug-likeness (QED) is 0.306. The molecular weight excluding hydrogens is 481 g/mol. The van der Waals surface area contributed by atoms with Gasteiger partial charge in [0.1, 0.15) is 17.6 Å². The number of aromatic nitrogens is 3. The van der Waals surface area contributed by atoms with E-state index in [1.165, 1.54) is 6.20 Å². The normalized spacial score (nSPS) is 19.0. The number of nitrogens with zero attached hydrogens (tertiary/aromatic N) is 2. The lowest BCUT2D eigenvalue weighted by molar-refractivity contribution is -0.579. The highest BCUT2D eigenvalue weighted by molar-refractivity contribution is 5.75. The number of aromatic amines is 1. The molecule has 5 nitrogen and oxygen atoms in total. The number of H-pyrrole nitrogens is 1. The molecule has 1 aliphatic heterocycles. The van der Waals surface area contributed by atoms with E-state index in [4.69, 9.17) is 4.42 Å². The van der Waals surface area contributed by atoms with Crippen LogP contribution >= 0.6 is 0 Å². The van der Waals surface area contributed by atoms with E-state index in [2.05, 4.69) is 4.98 Å². The zero-order valence-electron chi connectivity index (χ0n) is 20.1. The summed E-state index contributed by atoms with van der Waals surface area (Å²) in [6.07, 6.45) is -0.908. The number of hydrogen-bond donors (Lipinski definition) is 0. The summed E-state index contributed by atoms with van der Waals surface area (Å²) < 4.78 is 80.9. The predicted molar refractivity (Wildman–Crippen MR) is 120 cm³/mol. The van der Waals surface area contributed by atoms with E-state index in [0.29, 0.717) is 29.9 Å². The lowest BCUT2D eigenvalue weighted by atomic mass is 9.67. The number of fused-ring (bicyclic) bond motifs is 4. The Labute approximate surface area is 202 Å². The number of aryl methyl sites for hydroxylation is 2. The maximum Gasteiger partial charge on any atom is 0.422 e. The van der Waals surface area contributed by atoms with Crippen molar-refractivity contribution in [3.8, 4) is 11.3 Å². The van der Waals surface area contributed by atoms with Crippen LogP contribution in [0.1, 0.15) is 55.6 Å². The molecule has 0 bridgehead atoms. The molecule has 3 aromatic heterocycles. The number of nitrogens with one attached hydrogen (secondary N) is 1. The Kier molecular flexibility index (Phi) is 5.35. The number of pyridine rings is 1. The van der Waals surface area contributed by atoms with Gasteiger partial charge >= 0.3 is 17.3 Å². The maximum atomic E-state index is 15.8. The van der Waals surface area contributed by atoms with Crippen molar-refractivity contribution in [3.05, 3.63) is 80.7 Å². The first-order valence-electron chi connectivity index (χ1n) is 11.7. The van der Waals surface area contributed by atoms with Gasteiger partial charge in [-0.25, -0.2) is 18.6 Å². The van der Waals surface area contributed by atoms with E-state index >= 15 is 8.78 Å². The van der Waals surface area contributed by atoms with Gasteiger partial charge in [-0.3, -0.25) is 0 Å². The minimum Gasteiger partial charge on any atom is -0.378 e. The van der Waals surface area contributed by atoms with Crippen LogP contribution in [0.25, 0.3) is 22.5 Å². The molecule has 1 unspecified atom stereocenters. The predicted octanol–water partition coefficient (Wildman–Crippen LogP) is 4.41. The first kappa shape index (κ1) is 24.1. The van der Waals surface area contributed by atoms with Gasteiger partial charge in [-0.05, 0) is 37.0 Å². The third-order valence-corrected chi connectivity index (χ3v) is 7.16. The zero-order valence-corrected chi connectivity index (χ0v) is 20.1. The second-order valence-corrected chi connectivity index (χ2v) is 9.25. The number of oxazole rings is 1. The average molecular weight is 505 g/mol. The molecule has 5 rings (SSSR count). The standard InChI is InChI=1S/C26H23F5N3O2/c1-5-8-25(6-2)15-11-16(27)20(26(29,30)31)21(28)19(15)17-10-13(3)7-9-33(17)22(25)23-34-14(4)32-12-18(34)24(35)36-23/h7,9-12H,5-6,8H2,1-4H3/q+1/p+1. The first-order chi connectivity index (χ1) is 17.0. The molecule has 10 heteroatoms. The van der Waals surface area contributed by atoms with Crippen molar-refractivity contribution in [2.75, 3.05) is 0 Å². The lowest BCUT2D eigenvalue weighted by Gasteiger charge is -2.36. The molecule has 0 spiro atoms. The molecule has 1 aliphatic rings. The molecule has 36 heavy (non-hydrogen) atoms. The van der Waals surface area contributed by atoms with Crippen LogP contribution in [0, 0.1) is 25.5 Å². The van der Waals surface area contributed by atoms with Gasteiger partial charge in [0.15, 0.2) is 12.0 Å². The van der Waals surface area contributed by atoms with Gasteiger partial charge < -0.3 is 4.42 Å². The van der Waals surface area contributed by atoms with Gasteiger partial charge in [0, 0.05) is 19.1 Å². The van der Waals surface area contributed by atoms with E-state index in [9.17, 15) is 18.0 Å².